The Hall–Kier alpha value is -2.66. The normalized spacial score (nSPS) is 19.7. The molecule has 2 aromatic carbocycles. The zero-order valence-electron chi connectivity index (χ0n) is 14.3. The molecule has 0 aromatic heterocycles. The predicted octanol–water partition coefficient (Wildman–Crippen LogP) is 2.75. The van der Waals surface area contributed by atoms with Crippen LogP contribution < -0.4 is 11.1 Å². The van der Waals surface area contributed by atoms with E-state index >= 15 is 0 Å². The molecule has 2 unspecified atom stereocenters. The molecule has 1 saturated heterocycles. The summed E-state index contributed by atoms with van der Waals surface area (Å²) in [5.41, 5.74) is 7.36. The molecule has 1 aliphatic rings. The Labute approximate surface area is 147 Å². The summed E-state index contributed by atoms with van der Waals surface area (Å²) in [6.45, 7) is 3.29. The average molecular weight is 337 g/mol. The Kier molecular flexibility index (Phi) is 5.14. The first-order valence-corrected chi connectivity index (χ1v) is 8.56. The zero-order chi connectivity index (χ0) is 17.8. The van der Waals surface area contributed by atoms with Gasteiger partial charge in [-0.2, -0.15) is 0 Å². The highest BCUT2D eigenvalue weighted by Crippen LogP contribution is 2.26. The maximum absolute atomic E-state index is 13.0. The highest BCUT2D eigenvalue weighted by Gasteiger charge is 2.33. The highest BCUT2D eigenvalue weighted by atomic mass is 16.2. The maximum Gasteiger partial charge on any atom is 0.256 e. The van der Waals surface area contributed by atoms with Gasteiger partial charge in [0.2, 0.25) is 0 Å². The number of anilines is 1. The minimum Gasteiger partial charge on any atom is -0.336 e. The molecule has 0 bridgehead atoms. The molecule has 1 aliphatic heterocycles. The lowest BCUT2D eigenvalue weighted by Crippen LogP contribution is -2.35. The van der Waals surface area contributed by atoms with E-state index in [0.29, 0.717) is 35.8 Å². The second-order valence-corrected chi connectivity index (χ2v) is 6.51. The molecule has 2 aromatic rings. The molecule has 130 valence electrons. The van der Waals surface area contributed by atoms with Crippen LogP contribution >= 0.6 is 0 Å². The molecule has 5 nitrogen and oxygen atoms in total. The third-order valence-corrected chi connectivity index (χ3v) is 4.70. The third-order valence-electron chi connectivity index (χ3n) is 4.70. The van der Waals surface area contributed by atoms with E-state index in [1.54, 1.807) is 24.3 Å². The lowest BCUT2D eigenvalue weighted by atomic mass is 10.1. The van der Waals surface area contributed by atoms with Gasteiger partial charge in [0, 0.05) is 18.2 Å². The number of nitrogens with two attached hydrogens (primary N) is 1. The van der Waals surface area contributed by atoms with Gasteiger partial charge in [-0.05, 0) is 50.1 Å². The Bertz CT molecular complexity index is 761. The van der Waals surface area contributed by atoms with Crippen LogP contribution in [0.1, 0.15) is 34.1 Å². The molecule has 25 heavy (non-hydrogen) atoms. The highest BCUT2D eigenvalue weighted by molar-refractivity contribution is 6.09. The molecule has 0 saturated carbocycles. The molecule has 3 rings (SSSR count). The van der Waals surface area contributed by atoms with Crippen molar-refractivity contribution in [1.82, 2.24) is 4.90 Å². The van der Waals surface area contributed by atoms with Crippen molar-refractivity contribution in [2.24, 2.45) is 11.7 Å². The first-order chi connectivity index (χ1) is 12.1. The van der Waals surface area contributed by atoms with Crippen LogP contribution in [0.4, 0.5) is 5.69 Å². The van der Waals surface area contributed by atoms with E-state index in [9.17, 15) is 9.59 Å². The smallest absolute Gasteiger partial charge is 0.256 e. The van der Waals surface area contributed by atoms with Gasteiger partial charge in [-0.25, -0.2) is 0 Å². The second kappa shape index (κ2) is 7.49. The topological polar surface area (TPSA) is 75.4 Å². The summed E-state index contributed by atoms with van der Waals surface area (Å²) in [4.78, 5) is 27.3. The lowest BCUT2D eigenvalue weighted by Gasteiger charge is -2.23. The Balaban J connectivity index is 1.81. The number of carbonyl (C=O) groups excluding carboxylic acids is 2. The molecule has 3 N–H and O–H groups in total. The van der Waals surface area contributed by atoms with Crippen molar-refractivity contribution in [1.29, 1.82) is 0 Å². The van der Waals surface area contributed by atoms with Gasteiger partial charge in [-0.15, -0.1) is 0 Å². The predicted molar refractivity (Wildman–Crippen MR) is 98.5 cm³/mol. The van der Waals surface area contributed by atoms with Crippen LogP contribution in [0.15, 0.2) is 54.6 Å². The van der Waals surface area contributed by atoms with Gasteiger partial charge in [0.1, 0.15) is 0 Å². The van der Waals surface area contributed by atoms with E-state index < -0.39 is 0 Å². The summed E-state index contributed by atoms with van der Waals surface area (Å²) in [5.74, 6) is 0.0487. The van der Waals surface area contributed by atoms with Crippen LogP contribution in [0, 0.1) is 5.92 Å². The van der Waals surface area contributed by atoms with E-state index in [0.717, 1.165) is 6.42 Å². The lowest BCUT2D eigenvalue weighted by molar-refractivity contribution is 0.0744. The quantitative estimate of drug-likeness (QED) is 0.901. The van der Waals surface area contributed by atoms with Crippen LogP contribution in [-0.2, 0) is 0 Å². The number of amides is 2. The van der Waals surface area contributed by atoms with Crippen LogP contribution in [0.2, 0.25) is 0 Å². The minimum atomic E-state index is -0.227. The maximum atomic E-state index is 13.0. The van der Waals surface area contributed by atoms with Crippen molar-refractivity contribution in [3.63, 3.8) is 0 Å². The number of nitrogens with zero attached hydrogens (tertiary/aromatic N) is 1. The van der Waals surface area contributed by atoms with Crippen molar-refractivity contribution >= 4 is 17.5 Å². The number of benzene rings is 2. The summed E-state index contributed by atoms with van der Waals surface area (Å²) in [5, 5.41) is 2.86. The Morgan fingerprint density at radius 1 is 1.12 bits per heavy atom. The van der Waals surface area contributed by atoms with E-state index in [-0.39, 0.29) is 17.9 Å². The fourth-order valence-electron chi connectivity index (χ4n) is 3.31. The van der Waals surface area contributed by atoms with Gasteiger partial charge in [0.25, 0.3) is 11.8 Å². The van der Waals surface area contributed by atoms with Gasteiger partial charge < -0.3 is 16.0 Å². The van der Waals surface area contributed by atoms with E-state index in [1.807, 2.05) is 42.2 Å². The minimum absolute atomic E-state index is 0.0626. The Morgan fingerprint density at radius 2 is 1.80 bits per heavy atom. The molecule has 5 heteroatoms. The van der Waals surface area contributed by atoms with Crippen LogP contribution in [0.5, 0.6) is 0 Å². The number of hydrogen-bond donors (Lipinski definition) is 2. The first kappa shape index (κ1) is 17.2. The molecule has 0 spiro atoms. The molecule has 1 fully saturated rings. The molecular formula is C20H23N3O2. The second-order valence-electron chi connectivity index (χ2n) is 6.51. The van der Waals surface area contributed by atoms with Gasteiger partial charge in [-0.1, -0.05) is 30.3 Å². The van der Waals surface area contributed by atoms with Crippen molar-refractivity contribution in [2.45, 2.75) is 19.4 Å². The van der Waals surface area contributed by atoms with E-state index in [2.05, 4.69) is 5.32 Å². The summed E-state index contributed by atoms with van der Waals surface area (Å²) >= 11 is 0. The number of carbonyl (C=O) groups is 2. The molecule has 2 amide bonds. The number of para-hydroxylation sites is 1. The van der Waals surface area contributed by atoms with Crippen molar-refractivity contribution in [3.05, 3.63) is 65.7 Å². The summed E-state index contributed by atoms with van der Waals surface area (Å²) in [7, 11) is 0. The van der Waals surface area contributed by atoms with E-state index in [4.69, 9.17) is 5.73 Å². The van der Waals surface area contributed by atoms with Gasteiger partial charge >= 0.3 is 0 Å². The average Bonchev–Trinajstić information content (AvgIpc) is 3.03. The third kappa shape index (κ3) is 3.72. The number of hydrogen-bond acceptors (Lipinski definition) is 3. The Morgan fingerprint density at radius 3 is 2.48 bits per heavy atom. The first-order valence-electron chi connectivity index (χ1n) is 8.56. The molecule has 0 radical (unpaired) electrons. The van der Waals surface area contributed by atoms with Crippen LogP contribution in [0.3, 0.4) is 0 Å². The fraction of sp³-hybridized carbons (Fsp3) is 0.300. The summed E-state index contributed by atoms with van der Waals surface area (Å²) in [6.07, 6.45) is 0.917. The molecule has 1 heterocycles. The number of rotatable bonds is 4. The van der Waals surface area contributed by atoms with Crippen molar-refractivity contribution < 1.29 is 9.59 Å². The fourth-order valence-corrected chi connectivity index (χ4v) is 3.31. The largest absolute Gasteiger partial charge is 0.336 e. The standard InChI is InChI=1S/C20H23N3O2/c1-14-11-15(12-21)13-23(14)20(25)17-9-5-6-10-18(17)22-19(24)16-7-3-2-4-8-16/h2-10,14-15H,11-13,21H2,1H3,(H,22,24). The zero-order valence-corrected chi connectivity index (χ0v) is 14.3. The number of likely N-dealkylation sites (tertiary alicyclic amines) is 1. The monoisotopic (exact) mass is 337 g/mol. The van der Waals surface area contributed by atoms with E-state index in [1.165, 1.54) is 0 Å². The van der Waals surface area contributed by atoms with Crippen LogP contribution in [-0.4, -0.2) is 35.8 Å². The number of nitrogens with one attached hydrogen (secondary N) is 1. The van der Waals surface area contributed by atoms with Crippen molar-refractivity contribution in [3.8, 4) is 0 Å². The summed E-state index contributed by atoms with van der Waals surface area (Å²) in [6, 6.07) is 16.3. The molecular weight excluding hydrogens is 314 g/mol. The summed E-state index contributed by atoms with van der Waals surface area (Å²) < 4.78 is 0. The molecule has 2 atom stereocenters. The molecule has 0 aliphatic carbocycles. The van der Waals surface area contributed by atoms with Gasteiger partial charge in [0.05, 0.1) is 11.3 Å². The van der Waals surface area contributed by atoms with Crippen LogP contribution in [0.25, 0.3) is 0 Å². The van der Waals surface area contributed by atoms with Gasteiger partial charge in [-0.3, -0.25) is 9.59 Å². The van der Waals surface area contributed by atoms with Gasteiger partial charge in [0.15, 0.2) is 0 Å². The SMILES string of the molecule is CC1CC(CN)CN1C(=O)c1ccccc1NC(=O)c1ccccc1. The van der Waals surface area contributed by atoms with Crippen molar-refractivity contribution in [2.75, 3.05) is 18.4 Å².